The van der Waals surface area contributed by atoms with E-state index in [4.69, 9.17) is 4.74 Å². The Morgan fingerprint density at radius 1 is 1.38 bits per heavy atom. The number of nitrogens with one attached hydrogen (secondary N) is 1. The Labute approximate surface area is 102 Å². The van der Waals surface area contributed by atoms with E-state index in [0.717, 1.165) is 32.7 Å². The number of thiazole rings is 1. The van der Waals surface area contributed by atoms with E-state index in [1.807, 2.05) is 5.51 Å². The van der Waals surface area contributed by atoms with Gasteiger partial charge in [-0.2, -0.15) is 0 Å². The van der Waals surface area contributed by atoms with Gasteiger partial charge in [0.15, 0.2) is 0 Å². The lowest BCUT2D eigenvalue weighted by Crippen LogP contribution is -2.22. The third-order valence-corrected chi connectivity index (χ3v) is 3.43. The van der Waals surface area contributed by atoms with Crippen molar-refractivity contribution in [1.82, 2.24) is 10.3 Å². The van der Waals surface area contributed by atoms with E-state index in [2.05, 4.69) is 24.1 Å². The molecule has 3 nitrogen and oxygen atoms in total. The second-order valence-corrected chi connectivity index (χ2v) is 4.77. The van der Waals surface area contributed by atoms with Gasteiger partial charge >= 0.3 is 0 Å². The van der Waals surface area contributed by atoms with E-state index < -0.39 is 0 Å². The molecule has 4 heteroatoms. The topological polar surface area (TPSA) is 34.1 Å². The first-order valence-electron chi connectivity index (χ1n) is 6.02. The fourth-order valence-corrected chi connectivity index (χ4v) is 2.17. The summed E-state index contributed by atoms with van der Waals surface area (Å²) in [5.41, 5.74) is 3.09. The summed E-state index contributed by atoms with van der Waals surface area (Å²) in [5, 5.41) is 3.38. The minimum atomic E-state index is 0.821. The Kier molecular flexibility index (Phi) is 7.38. The highest BCUT2D eigenvalue weighted by Crippen LogP contribution is 2.11. The van der Waals surface area contributed by atoms with Gasteiger partial charge in [0.05, 0.1) is 17.8 Å². The van der Waals surface area contributed by atoms with Crippen LogP contribution in [0.4, 0.5) is 0 Å². The fraction of sp³-hybridized carbons (Fsp3) is 0.750. The van der Waals surface area contributed by atoms with Crippen molar-refractivity contribution in [3.63, 3.8) is 0 Å². The van der Waals surface area contributed by atoms with Gasteiger partial charge in [-0.05, 0) is 19.8 Å². The fourth-order valence-electron chi connectivity index (χ4n) is 1.39. The first-order valence-corrected chi connectivity index (χ1v) is 6.90. The molecule has 16 heavy (non-hydrogen) atoms. The molecular formula is C12H22N2OS. The number of rotatable bonds is 9. The number of aromatic nitrogens is 1. The number of hydrogen-bond acceptors (Lipinski definition) is 4. The van der Waals surface area contributed by atoms with E-state index in [1.54, 1.807) is 11.3 Å². The minimum Gasteiger partial charge on any atom is -0.380 e. The lowest BCUT2D eigenvalue weighted by molar-refractivity contribution is 0.133. The van der Waals surface area contributed by atoms with E-state index in [9.17, 15) is 0 Å². The molecule has 92 valence electrons. The van der Waals surface area contributed by atoms with Crippen LogP contribution in [-0.4, -0.2) is 31.3 Å². The number of hydrogen-bond donors (Lipinski definition) is 1. The largest absolute Gasteiger partial charge is 0.380 e. The average molecular weight is 242 g/mol. The normalized spacial score (nSPS) is 10.9. The summed E-state index contributed by atoms with van der Waals surface area (Å²) in [5.74, 6) is 0. The van der Waals surface area contributed by atoms with Gasteiger partial charge in [0.25, 0.3) is 0 Å². The third kappa shape index (κ3) is 5.58. The van der Waals surface area contributed by atoms with Crippen LogP contribution in [-0.2, 0) is 11.2 Å². The van der Waals surface area contributed by atoms with Crippen LogP contribution in [0.25, 0.3) is 0 Å². The van der Waals surface area contributed by atoms with Crippen LogP contribution in [0.5, 0.6) is 0 Å². The second kappa shape index (κ2) is 8.67. The van der Waals surface area contributed by atoms with Crippen LogP contribution < -0.4 is 5.32 Å². The minimum absolute atomic E-state index is 0.821. The van der Waals surface area contributed by atoms with Gasteiger partial charge in [-0.1, -0.05) is 13.3 Å². The van der Waals surface area contributed by atoms with E-state index in [0.29, 0.717) is 0 Å². The molecule has 0 bridgehead atoms. The molecule has 0 atom stereocenters. The highest BCUT2D eigenvalue weighted by atomic mass is 32.1. The van der Waals surface area contributed by atoms with Crippen molar-refractivity contribution in [1.29, 1.82) is 0 Å². The standard InChI is InChI=1S/C12H22N2OS/c1-3-4-8-15-9-7-13-6-5-12-11(2)14-10-16-12/h10,13H,3-9H2,1-2H3. The molecule has 0 radical (unpaired) electrons. The molecule has 0 aliphatic rings. The molecule has 1 rings (SSSR count). The van der Waals surface area contributed by atoms with Crippen LogP contribution in [0.2, 0.25) is 0 Å². The molecule has 1 heterocycles. The van der Waals surface area contributed by atoms with Gasteiger partial charge in [-0.3, -0.25) is 0 Å². The first kappa shape index (κ1) is 13.6. The van der Waals surface area contributed by atoms with Crippen molar-refractivity contribution < 1.29 is 4.74 Å². The Morgan fingerprint density at radius 3 is 2.94 bits per heavy atom. The second-order valence-electron chi connectivity index (χ2n) is 3.83. The van der Waals surface area contributed by atoms with Gasteiger partial charge in [-0.15, -0.1) is 11.3 Å². The molecular weight excluding hydrogens is 220 g/mol. The van der Waals surface area contributed by atoms with Crippen LogP contribution in [0, 0.1) is 6.92 Å². The summed E-state index contributed by atoms with van der Waals surface area (Å²) in [6.45, 7) is 7.92. The maximum absolute atomic E-state index is 5.46. The summed E-state index contributed by atoms with van der Waals surface area (Å²) >= 11 is 1.74. The molecule has 1 aromatic heterocycles. The molecule has 0 amide bonds. The monoisotopic (exact) mass is 242 g/mol. The van der Waals surface area contributed by atoms with Crippen LogP contribution in [0.15, 0.2) is 5.51 Å². The van der Waals surface area contributed by atoms with Gasteiger partial charge in [-0.25, -0.2) is 4.98 Å². The Hall–Kier alpha value is -0.450. The number of aryl methyl sites for hydroxylation is 1. The van der Waals surface area contributed by atoms with Crippen molar-refractivity contribution in [2.45, 2.75) is 33.1 Å². The maximum atomic E-state index is 5.46. The molecule has 1 aromatic rings. The Balaban J connectivity index is 1.91. The average Bonchev–Trinajstić information content (AvgIpc) is 2.68. The van der Waals surface area contributed by atoms with E-state index in [1.165, 1.54) is 23.4 Å². The van der Waals surface area contributed by atoms with Gasteiger partial charge in [0.1, 0.15) is 0 Å². The molecule has 0 aliphatic heterocycles. The molecule has 0 saturated heterocycles. The van der Waals surface area contributed by atoms with Crippen molar-refractivity contribution in [3.05, 3.63) is 16.1 Å². The van der Waals surface area contributed by atoms with Crippen molar-refractivity contribution in [2.75, 3.05) is 26.3 Å². The van der Waals surface area contributed by atoms with Crippen molar-refractivity contribution >= 4 is 11.3 Å². The predicted molar refractivity (Wildman–Crippen MR) is 69.2 cm³/mol. The van der Waals surface area contributed by atoms with Crippen molar-refractivity contribution in [3.8, 4) is 0 Å². The van der Waals surface area contributed by atoms with E-state index in [-0.39, 0.29) is 0 Å². The summed E-state index contributed by atoms with van der Waals surface area (Å²) in [4.78, 5) is 5.62. The highest BCUT2D eigenvalue weighted by Gasteiger charge is 1.99. The molecule has 0 aliphatic carbocycles. The van der Waals surface area contributed by atoms with Gasteiger partial charge < -0.3 is 10.1 Å². The number of nitrogens with zero attached hydrogens (tertiary/aromatic N) is 1. The highest BCUT2D eigenvalue weighted by molar-refractivity contribution is 7.09. The SMILES string of the molecule is CCCCOCCNCCc1scnc1C. The number of unbranched alkanes of at least 4 members (excludes halogenated alkanes) is 1. The molecule has 1 N–H and O–H groups in total. The van der Waals surface area contributed by atoms with Crippen LogP contribution in [0.1, 0.15) is 30.3 Å². The summed E-state index contributed by atoms with van der Waals surface area (Å²) in [7, 11) is 0. The van der Waals surface area contributed by atoms with Gasteiger partial charge in [0.2, 0.25) is 0 Å². The molecule has 0 spiro atoms. The van der Waals surface area contributed by atoms with Crippen LogP contribution in [0.3, 0.4) is 0 Å². The molecule has 0 fully saturated rings. The van der Waals surface area contributed by atoms with E-state index >= 15 is 0 Å². The molecule has 0 unspecified atom stereocenters. The summed E-state index contributed by atoms with van der Waals surface area (Å²) in [6.07, 6.45) is 3.45. The summed E-state index contributed by atoms with van der Waals surface area (Å²) < 4.78 is 5.46. The summed E-state index contributed by atoms with van der Waals surface area (Å²) in [6, 6.07) is 0. The van der Waals surface area contributed by atoms with Crippen LogP contribution >= 0.6 is 11.3 Å². The zero-order valence-electron chi connectivity index (χ0n) is 10.3. The van der Waals surface area contributed by atoms with Gasteiger partial charge in [0, 0.05) is 24.6 Å². The lowest BCUT2D eigenvalue weighted by atomic mass is 10.3. The van der Waals surface area contributed by atoms with Crippen molar-refractivity contribution in [2.24, 2.45) is 0 Å². The Morgan fingerprint density at radius 2 is 2.25 bits per heavy atom. The zero-order valence-corrected chi connectivity index (χ0v) is 11.1. The smallest absolute Gasteiger partial charge is 0.0797 e. The molecule has 0 saturated carbocycles. The number of ether oxygens (including phenoxy) is 1. The predicted octanol–water partition coefficient (Wildman–Crippen LogP) is 2.40. The first-order chi connectivity index (χ1) is 7.84. The molecule has 0 aromatic carbocycles. The Bertz CT molecular complexity index is 276. The quantitative estimate of drug-likeness (QED) is 0.675. The lowest BCUT2D eigenvalue weighted by Gasteiger charge is -2.05. The third-order valence-electron chi connectivity index (χ3n) is 2.44. The zero-order chi connectivity index (χ0) is 11.6. The maximum Gasteiger partial charge on any atom is 0.0797 e.